The molecule has 1 atom stereocenters. The number of pyridine rings is 1. The molecule has 1 unspecified atom stereocenters. The van der Waals surface area contributed by atoms with Crippen molar-refractivity contribution in [2.45, 2.75) is 6.04 Å². The van der Waals surface area contributed by atoms with Crippen LogP contribution >= 0.6 is 0 Å². The van der Waals surface area contributed by atoms with Crippen LogP contribution in [0.1, 0.15) is 17.2 Å². The largest absolute Gasteiger partial charge is 0.338 e. The van der Waals surface area contributed by atoms with Gasteiger partial charge >= 0.3 is 0 Å². The van der Waals surface area contributed by atoms with E-state index in [0.717, 1.165) is 28.0 Å². The minimum Gasteiger partial charge on any atom is -0.338 e. The van der Waals surface area contributed by atoms with E-state index in [9.17, 15) is 0 Å². The summed E-state index contributed by atoms with van der Waals surface area (Å²) in [5, 5.41) is 0. The summed E-state index contributed by atoms with van der Waals surface area (Å²) in [6, 6.07) is 20.8. The number of hydrogen-bond donors (Lipinski definition) is 1. The Morgan fingerprint density at radius 2 is 1.78 bits per heavy atom. The molecule has 0 aliphatic carbocycles. The van der Waals surface area contributed by atoms with Gasteiger partial charge in [0.1, 0.15) is 5.82 Å². The van der Waals surface area contributed by atoms with Gasteiger partial charge in [-0.3, -0.25) is 4.98 Å². The predicted molar refractivity (Wildman–Crippen MR) is 105 cm³/mol. The summed E-state index contributed by atoms with van der Waals surface area (Å²) in [6.07, 6.45) is 9.24. The van der Waals surface area contributed by atoms with Crippen LogP contribution in [0.2, 0.25) is 0 Å². The number of hydrogen-bond acceptors (Lipinski definition) is 3. The molecule has 27 heavy (non-hydrogen) atoms. The lowest BCUT2D eigenvalue weighted by atomic mass is 9.98. The third kappa shape index (κ3) is 2.89. The van der Waals surface area contributed by atoms with Gasteiger partial charge in [-0.05, 0) is 35.4 Å². The van der Waals surface area contributed by atoms with Crippen LogP contribution in [0.25, 0.3) is 22.4 Å². The monoisotopic (exact) mass is 351 g/mol. The molecule has 0 aliphatic heterocycles. The Hall–Kier alpha value is -3.73. The summed E-state index contributed by atoms with van der Waals surface area (Å²) in [6.45, 7) is 0. The lowest BCUT2D eigenvalue weighted by molar-refractivity contribution is 0.677. The zero-order valence-corrected chi connectivity index (χ0v) is 14.5. The topological polar surface area (TPSA) is 59.4 Å². The first kappa shape index (κ1) is 15.5. The fourth-order valence-corrected chi connectivity index (χ4v) is 3.43. The van der Waals surface area contributed by atoms with Gasteiger partial charge < -0.3 is 9.55 Å². The van der Waals surface area contributed by atoms with E-state index in [1.807, 2.05) is 43.1 Å². The van der Waals surface area contributed by atoms with Crippen molar-refractivity contribution in [3.05, 3.63) is 103 Å². The van der Waals surface area contributed by atoms with Crippen LogP contribution in [-0.4, -0.2) is 24.5 Å². The van der Waals surface area contributed by atoms with Gasteiger partial charge in [0.05, 0.1) is 23.4 Å². The zero-order valence-electron chi connectivity index (χ0n) is 14.5. The number of benzene rings is 2. The van der Waals surface area contributed by atoms with Crippen molar-refractivity contribution in [2.75, 3.05) is 0 Å². The first-order chi connectivity index (χ1) is 13.4. The molecule has 3 aromatic heterocycles. The van der Waals surface area contributed by atoms with E-state index >= 15 is 0 Å². The molecule has 0 saturated heterocycles. The number of H-pyrrole nitrogens is 1. The first-order valence-electron chi connectivity index (χ1n) is 8.81. The number of nitrogens with zero attached hydrogens (tertiary/aromatic N) is 4. The lowest BCUT2D eigenvalue weighted by Gasteiger charge is -2.19. The number of imidazole rings is 2. The Balaban J connectivity index is 1.62. The Morgan fingerprint density at radius 1 is 0.852 bits per heavy atom. The van der Waals surface area contributed by atoms with Crippen LogP contribution < -0.4 is 0 Å². The smallest absolute Gasteiger partial charge is 0.140 e. The molecule has 1 N–H and O–H groups in total. The molecular formula is C22H17N5. The van der Waals surface area contributed by atoms with Crippen LogP contribution in [0.5, 0.6) is 0 Å². The summed E-state index contributed by atoms with van der Waals surface area (Å²) in [4.78, 5) is 16.6. The maximum atomic E-state index is 4.78. The van der Waals surface area contributed by atoms with E-state index < -0.39 is 0 Å². The summed E-state index contributed by atoms with van der Waals surface area (Å²) in [5.41, 5.74) is 5.29. The van der Waals surface area contributed by atoms with Gasteiger partial charge in [0, 0.05) is 30.4 Å². The molecule has 5 aromatic rings. The van der Waals surface area contributed by atoms with Crippen molar-refractivity contribution in [2.24, 2.45) is 0 Å². The van der Waals surface area contributed by atoms with Crippen LogP contribution in [0.4, 0.5) is 0 Å². The Kier molecular flexibility index (Phi) is 3.76. The van der Waals surface area contributed by atoms with E-state index in [-0.39, 0.29) is 6.04 Å². The maximum Gasteiger partial charge on any atom is 0.140 e. The number of fused-ring (bicyclic) bond motifs is 1. The van der Waals surface area contributed by atoms with Gasteiger partial charge in [-0.1, -0.05) is 36.4 Å². The van der Waals surface area contributed by atoms with Gasteiger partial charge in [0.25, 0.3) is 0 Å². The van der Waals surface area contributed by atoms with Crippen molar-refractivity contribution in [3.8, 4) is 11.4 Å². The normalized spacial score (nSPS) is 12.3. The summed E-state index contributed by atoms with van der Waals surface area (Å²) in [5.74, 6) is 0.828. The average molecular weight is 351 g/mol. The van der Waals surface area contributed by atoms with Crippen LogP contribution in [0.15, 0.2) is 91.8 Å². The molecule has 0 aliphatic rings. The molecule has 5 nitrogen and oxygen atoms in total. The average Bonchev–Trinajstić information content (AvgIpc) is 3.39. The maximum absolute atomic E-state index is 4.78. The standard InChI is InChI=1S/C22H17N5/c1-2-5-16(6-3-1)21(27-12-11-24-15-27)17-8-9-19-20(13-17)26-22(25-19)18-7-4-10-23-14-18/h1-15,21H,(H,25,26). The molecule has 0 amide bonds. The Bertz CT molecular complexity index is 1160. The third-order valence-corrected chi connectivity index (χ3v) is 4.70. The highest BCUT2D eigenvalue weighted by atomic mass is 15.1. The van der Waals surface area contributed by atoms with Crippen LogP contribution in [-0.2, 0) is 0 Å². The van der Waals surface area contributed by atoms with Gasteiger partial charge in [-0.25, -0.2) is 9.97 Å². The third-order valence-electron chi connectivity index (χ3n) is 4.70. The highest BCUT2D eigenvalue weighted by molar-refractivity contribution is 5.80. The highest BCUT2D eigenvalue weighted by Gasteiger charge is 2.17. The van der Waals surface area contributed by atoms with E-state index in [1.165, 1.54) is 5.56 Å². The van der Waals surface area contributed by atoms with E-state index in [2.05, 4.69) is 62.0 Å². The minimum absolute atomic E-state index is 0.0524. The van der Waals surface area contributed by atoms with Crippen LogP contribution in [0.3, 0.4) is 0 Å². The molecule has 5 heteroatoms. The van der Waals surface area contributed by atoms with Crippen LogP contribution in [0, 0.1) is 0 Å². The SMILES string of the molecule is c1ccc(C(c2ccc3[nH]c(-c4cccnc4)nc3c2)n2ccnc2)cc1. The van der Waals surface area contributed by atoms with Crippen molar-refractivity contribution < 1.29 is 0 Å². The molecule has 3 heterocycles. The Labute approximate surface area is 156 Å². The second-order valence-corrected chi connectivity index (χ2v) is 6.43. The molecule has 0 saturated carbocycles. The molecule has 0 bridgehead atoms. The quantitative estimate of drug-likeness (QED) is 0.520. The van der Waals surface area contributed by atoms with Crippen molar-refractivity contribution in [1.82, 2.24) is 24.5 Å². The first-order valence-corrected chi connectivity index (χ1v) is 8.81. The molecule has 0 fully saturated rings. The van der Waals surface area contributed by atoms with Gasteiger partial charge in [0.15, 0.2) is 0 Å². The summed E-state index contributed by atoms with van der Waals surface area (Å²) in [7, 11) is 0. The van der Waals surface area contributed by atoms with Gasteiger partial charge in [0.2, 0.25) is 0 Å². The van der Waals surface area contributed by atoms with Crippen molar-refractivity contribution in [1.29, 1.82) is 0 Å². The number of rotatable bonds is 4. The van der Waals surface area contributed by atoms with Gasteiger partial charge in [-0.15, -0.1) is 0 Å². The molecule has 0 radical (unpaired) electrons. The lowest BCUT2D eigenvalue weighted by Crippen LogP contribution is -2.10. The second kappa shape index (κ2) is 6.53. The van der Waals surface area contributed by atoms with E-state index in [4.69, 9.17) is 4.98 Å². The molecular weight excluding hydrogens is 334 g/mol. The molecule has 130 valence electrons. The molecule has 5 rings (SSSR count). The Morgan fingerprint density at radius 3 is 2.56 bits per heavy atom. The van der Waals surface area contributed by atoms with Crippen molar-refractivity contribution in [3.63, 3.8) is 0 Å². The predicted octanol–water partition coefficient (Wildman–Crippen LogP) is 4.46. The fraction of sp³-hybridized carbons (Fsp3) is 0.0455. The second-order valence-electron chi connectivity index (χ2n) is 6.43. The molecule has 2 aromatic carbocycles. The van der Waals surface area contributed by atoms with Gasteiger partial charge in [-0.2, -0.15) is 0 Å². The summed E-state index contributed by atoms with van der Waals surface area (Å²) < 4.78 is 2.12. The van der Waals surface area contributed by atoms with E-state index in [0.29, 0.717) is 0 Å². The number of nitrogens with one attached hydrogen (secondary N) is 1. The minimum atomic E-state index is 0.0524. The van der Waals surface area contributed by atoms with E-state index in [1.54, 1.807) is 6.20 Å². The number of aromatic nitrogens is 5. The zero-order chi connectivity index (χ0) is 18.1. The highest BCUT2D eigenvalue weighted by Crippen LogP contribution is 2.29. The summed E-state index contributed by atoms with van der Waals surface area (Å²) >= 11 is 0. The van der Waals surface area contributed by atoms with Crippen molar-refractivity contribution >= 4 is 11.0 Å². The fourth-order valence-electron chi connectivity index (χ4n) is 3.43. The number of aromatic amines is 1. The molecule has 0 spiro atoms.